The number of fused-ring (bicyclic) bond motifs is 48. The van der Waals surface area contributed by atoms with Crippen molar-refractivity contribution in [3.8, 4) is 17.2 Å². The second-order valence-electron chi connectivity index (χ2n) is 37.8. The predicted octanol–water partition coefficient (Wildman–Crippen LogP) is 26.0. The van der Waals surface area contributed by atoms with Crippen molar-refractivity contribution in [3.63, 3.8) is 0 Å². The zero-order chi connectivity index (χ0) is 68.6. The van der Waals surface area contributed by atoms with Crippen molar-refractivity contribution in [1.29, 1.82) is 0 Å². The fourth-order valence-corrected chi connectivity index (χ4v) is 28.3. The maximum Gasteiger partial charge on any atom is 0.115 e. The molecule has 0 saturated heterocycles. The Balaban J connectivity index is 0.000000114. The number of allylic oxidation sites excluding steroid dienone is 8. The number of phenols is 3. The molecular formula is C95H144O3. The lowest BCUT2D eigenvalue weighted by molar-refractivity contribution is 0.0823. The van der Waals surface area contributed by atoms with Crippen LogP contribution in [0.4, 0.5) is 0 Å². The third-order valence-electron chi connectivity index (χ3n) is 29.8. The van der Waals surface area contributed by atoms with Gasteiger partial charge in [0, 0.05) is 0 Å². The molecular weight excluding hydrogens is 1190 g/mol. The van der Waals surface area contributed by atoms with Crippen LogP contribution in [0.2, 0.25) is 0 Å². The van der Waals surface area contributed by atoms with E-state index in [4.69, 9.17) is 15.3 Å². The SMILES string of the molecule is C.C1=CC2C(C1)C1CC2C2C3CCC(C3)C12.C1=CC2C(C1)C1CC2C2C3CCC(C3)C12.C1=CC2C(C1)C1CC2C2C3CCC(C3)C12.C1=CC2C(C1)C1CC2C2C3CCC(C3)C12.CC.CC.CC.CC(C)(C)C.CC(C)(C)C.Oc1ccccc1.Oc1ccccc1.Oc1ccccc1. The van der Waals surface area contributed by atoms with E-state index >= 15 is 0 Å². The van der Waals surface area contributed by atoms with E-state index in [2.05, 4.69) is 104 Å². The number of hydrogen-bond donors (Lipinski definition) is 3. The number of benzene rings is 3. The molecule has 3 aromatic carbocycles. The summed E-state index contributed by atoms with van der Waals surface area (Å²) in [6.45, 7) is 29.5. The standard InChI is InChI=1S/4C15H20.3C6H6O.2C5H12.3C2H6.CH4/c4*1-2-10-11(3-1)13-7-12(10)14-8-4-5-9(6-8)15(13)14;3*7-6-4-2-1-3-5-6;2*1-5(2,3)4;3*1-2;/h4*1-2,8-15H,3-7H2;3*1-5,7H;2*1-4H3;3*1-2H3;1H4. The minimum absolute atomic E-state index is 0. The molecule has 32 atom stereocenters. The summed E-state index contributed by atoms with van der Waals surface area (Å²) >= 11 is 0. The highest BCUT2D eigenvalue weighted by Crippen LogP contribution is 2.76. The topological polar surface area (TPSA) is 60.7 Å². The maximum atomic E-state index is 8.63. The molecule has 0 aliphatic heterocycles. The van der Waals surface area contributed by atoms with E-state index < -0.39 is 0 Å². The molecule has 20 aliphatic rings. The molecule has 32 unspecified atom stereocenters. The Morgan fingerprint density at radius 2 is 0.408 bits per heavy atom. The third kappa shape index (κ3) is 15.2. The molecule has 20 aliphatic carbocycles. The molecule has 0 aromatic heterocycles. The molecule has 3 heteroatoms. The third-order valence-corrected chi connectivity index (χ3v) is 29.8. The Kier molecular flexibility index (Phi) is 24.8. The van der Waals surface area contributed by atoms with Crippen molar-refractivity contribution < 1.29 is 15.3 Å². The molecule has 3 aromatic rings. The zero-order valence-electron chi connectivity index (χ0n) is 63.7. The van der Waals surface area contributed by atoms with Crippen molar-refractivity contribution in [3.05, 3.63) is 140 Å². The van der Waals surface area contributed by atoms with Gasteiger partial charge in [0.05, 0.1) is 0 Å². The summed E-state index contributed by atoms with van der Waals surface area (Å²) in [6.07, 6.45) is 51.9. The van der Waals surface area contributed by atoms with Gasteiger partial charge in [-0.25, -0.2) is 0 Å². The van der Waals surface area contributed by atoms with Crippen molar-refractivity contribution in [2.75, 3.05) is 0 Å². The molecule has 98 heavy (non-hydrogen) atoms. The van der Waals surface area contributed by atoms with Gasteiger partial charge >= 0.3 is 0 Å². The maximum absolute atomic E-state index is 8.63. The number of aromatic hydroxyl groups is 3. The van der Waals surface area contributed by atoms with Crippen molar-refractivity contribution in [1.82, 2.24) is 0 Å². The van der Waals surface area contributed by atoms with Gasteiger partial charge in [-0.3, -0.25) is 0 Å². The first-order chi connectivity index (χ1) is 46.9. The van der Waals surface area contributed by atoms with Crippen LogP contribution in [0.25, 0.3) is 0 Å². The normalized spacial score (nSPS) is 44.7. The van der Waals surface area contributed by atoms with E-state index in [-0.39, 0.29) is 7.43 Å². The largest absolute Gasteiger partial charge is 0.508 e. The molecule has 16 bridgehead atoms. The number of rotatable bonds is 0. The number of phenolic OH excluding ortho intramolecular Hbond substituents is 3. The summed E-state index contributed by atoms with van der Waals surface area (Å²) in [7, 11) is 0. The van der Waals surface area contributed by atoms with E-state index in [1.165, 1.54) is 120 Å². The summed E-state index contributed by atoms with van der Waals surface area (Å²) < 4.78 is 0. The van der Waals surface area contributed by atoms with Gasteiger partial charge < -0.3 is 15.3 Å². The van der Waals surface area contributed by atoms with Gasteiger partial charge in [-0.05, 0) is 365 Å². The number of hydrogen-bond acceptors (Lipinski definition) is 3. The van der Waals surface area contributed by atoms with Gasteiger partial charge in [-0.1, -0.05) is 208 Å². The highest BCUT2D eigenvalue weighted by Gasteiger charge is 2.69. The van der Waals surface area contributed by atoms with Crippen LogP contribution in [0.1, 0.15) is 233 Å². The van der Waals surface area contributed by atoms with Crippen LogP contribution in [0.15, 0.2) is 140 Å². The highest BCUT2D eigenvalue weighted by atomic mass is 16.3. The summed E-state index contributed by atoms with van der Waals surface area (Å²) in [5, 5.41) is 25.9. The predicted molar refractivity (Wildman–Crippen MR) is 416 cm³/mol. The molecule has 16 fully saturated rings. The Morgan fingerprint density at radius 1 is 0.245 bits per heavy atom. The average Bonchev–Trinajstić information content (AvgIpc) is 1.57. The van der Waals surface area contributed by atoms with E-state index in [1.807, 2.05) is 59.7 Å². The minimum Gasteiger partial charge on any atom is -0.508 e. The van der Waals surface area contributed by atoms with Crippen LogP contribution < -0.4 is 0 Å². The molecule has 23 rings (SSSR count). The number of para-hydroxylation sites is 3. The van der Waals surface area contributed by atoms with E-state index in [1.54, 1.807) is 176 Å². The van der Waals surface area contributed by atoms with Gasteiger partial charge in [-0.2, -0.15) is 0 Å². The fraction of sp³-hybridized carbons (Fsp3) is 0.726. The Labute approximate surface area is 601 Å². The van der Waals surface area contributed by atoms with Crippen LogP contribution in [0, 0.1) is 200 Å². The van der Waals surface area contributed by atoms with Crippen molar-refractivity contribution in [2.45, 2.75) is 233 Å². The fourth-order valence-electron chi connectivity index (χ4n) is 28.3. The van der Waals surface area contributed by atoms with E-state index in [0.717, 1.165) is 94.7 Å². The molecule has 0 amide bonds. The van der Waals surface area contributed by atoms with Crippen molar-refractivity contribution >= 4 is 0 Å². The lowest BCUT2D eigenvalue weighted by Crippen LogP contribution is -2.36. The van der Waals surface area contributed by atoms with Gasteiger partial charge in [0.1, 0.15) is 17.2 Å². The summed E-state index contributed by atoms with van der Waals surface area (Å²) in [4.78, 5) is 0. The van der Waals surface area contributed by atoms with Crippen LogP contribution in [-0.4, -0.2) is 15.3 Å². The first-order valence-electron chi connectivity index (χ1n) is 41.8. The molecule has 542 valence electrons. The van der Waals surface area contributed by atoms with Crippen LogP contribution in [0.5, 0.6) is 17.2 Å². The summed E-state index contributed by atoms with van der Waals surface area (Å²) in [5.74, 6) is 37.7. The lowest BCUT2D eigenvalue weighted by atomic mass is 9.64. The second-order valence-corrected chi connectivity index (χ2v) is 37.8. The second kappa shape index (κ2) is 32.4. The molecule has 0 radical (unpaired) electrons. The molecule has 0 spiro atoms. The van der Waals surface area contributed by atoms with E-state index in [0.29, 0.717) is 28.1 Å². The van der Waals surface area contributed by atoms with Crippen LogP contribution >= 0.6 is 0 Å². The molecule has 16 saturated carbocycles. The quantitative estimate of drug-likeness (QED) is 0.155. The molecule has 3 N–H and O–H groups in total. The molecule has 3 nitrogen and oxygen atoms in total. The highest BCUT2D eigenvalue weighted by molar-refractivity contribution is 5.26. The summed E-state index contributed by atoms with van der Waals surface area (Å²) in [5.41, 5.74) is 1.00. The van der Waals surface area contributed by atoms with Gasteiger partial charge in [0.25, 0.3) is 0 Å². The van der Waals surface area contributed by atoms with Crippen LogP contribution in [0.3, 0.4) is 0 Å². The van der Waals surface area contributed by atoms with Gasteiger partial charge in [0.15, 0.2) is 0 Å². The first kappa shape index (κ1) is 75.2. The Hall–Kier alpha value is -3.98. The lowest BCUT2D eigenvalue weighted by Gasteiger charge is -2.40. The zero-order valence-corrected chi connectivity index (χ0v) is 63.7. The van der Waals surface area contributed by atoms with Crippen LogP contribution in [-0.2, 0) is 0 Å². The monoisotopic (exact) mass is 1330 g/mol. The first-order valence-corrected chi connectivity index (χ1v) is 41.8. The van der Waals surface area contributed by atoms with Gasteiger partial charge in [-0.15, -0.1) is 0 Å². The average molecular weight is 1330 g/mol. The smallest absolute Gasteiger partial charge is 0.115 e. The van der Waals surface area contributed by atoms with E-state index in [9.17, 15) is 0 Å². The minimum atomic E-state index is 0. The Bertz CT molecular complexity index is 2650. The summed E-state index contributed by atoms with van der Waals surface area (Å²) in [6, 6.07) is 26.1. The van der Waals surface area contributed by atoms with Gasteiger partial charge in [0.2, 0.25) is 0 Å². The van der Waals surface area contributed by atoms with Crippen molar-refractivity contribution in [2.24, 2.45) is 200 Å². The Morgan fingerprint density at radius 3 is 0.561 bits per heavy atom. The molecule has 0 heterocycles.